The van der Waals surface area contributed by atoms with E-state index in [-0.39, 0.29) is 154 Å². The van der Waals surface area contributed by atoms with Crippen LogP contribution in [0, 0.1) is 91.7 Å². The summed E-state index contributed by atoms with van der Waals surface area (Å²) in [4.78, 5) is 152. The Morgan fingerprint density at radius 2 is 0.905 bits per heavy atom. The Morgan fingerprint density at radius 1 is 0.476 bits per heavy atom. The van der Waals surface area contributed by atoms with E-state index in [4.69, 9.17) is 36.5 Å². The number of piperidine rings is 2. The first-order valence-electron chi connectivity index (χ1n) is 54.7. The van der Waals surface area contributed by atoms with Crippen LogP contribution in [0.15, 0.2) is 6.33 Å². The Bertz CT molecular complexity index is 4060. The zero-order valence-corrected chi connectivity index (χ0v) is 96.3. The first-order chi connectivity index (χ1) is 67.8. The minimum atomic E-state index is -2.90. The fourth-order valence-corrected chi connectivity index (χ4v) is 19.2. The molecule has 3 unspecified atom stereocenters. The van der Waals surface area contributed by atoms with E-state index in [0.717, 1.165) is 148 Å². The standard InChI is InChI=1S/C12H23NO2.C11H18N4O.C11H21NO3.C11H21NO2.C10H18N2O2.C10H19NO3S.C10H21NO2.C9H17NO2.C9H17NO.C8H15NO2.C8H15NO.CH4/c1-10(2)9-12(3,4)11(14)13-5-7-15-8-6-13;1-9(2)3-4-11(16)14-5-6-15-10(7-14)12-8-13-15;1-8(2)3-4-11(15)12-6-5-9(13)10(14)7-12;1-9(2)5-6-11(14)12-7-3-4-10(13)8-12;1-8(2)3-4-10(14)12-6-5-11-9(13)7-12;1-4-10(2,3)9(12)11-5-7-15(13,14)8-6-11;1-8(2)7-10(3,4)9(13)11-5-6-12;1-7(2)3-4-9(11)10-8-5-12-6-8;1-7(2)6-9(8(10)11)4-3-5-9;1-6(2)3-8(7(9)10)4-11-5-8;1-6(2)5-8(3-4-8)7(9)10;/h10H,5-9H2,1-4H3;8-9H,3-7H2,1-2H3;8-10,13-14H,3-7H2,1-2H3;9-10,13H,3-8H2,1-2H3;8H,3-7H2,1-2H3,(H,11,13);4-8H2,1-3H3;8,12H,5-7H2,1-4H3,(H,11,13);7-8H,3-6H2,1-2H3,(H,10,11);7H,3-6H2,1-2H3,(H2,10,11);6H,3-5H2,1-2H3,(H2,9,10);6H,3-5H2,1-2H3,(H2,9,10);1H4. The molecule has 11 rings (SSSR count). The second-order valence-electron chi connectivity index (χ2n) is 47.8. The maximum atomic E-state index is 12.2. The van der Waals surface area contributed by atoms with Gasteiger partial charge in [0.15, 0.2) is 9.84 Å². The summed E-state index contributed by atoms with van der Waals surface area (Å²) in [6.45, 7) is 68.2. The van der Waals surface area contributed by atoms with Gasteiger partial charge in [-0.05, 0) is 175 Å². The van der Waals surface area contributed by atoms with Crippen LogP contribution in [0.1, 0.15) is 354 Å². The third-order valence-electron chi connectivity index (χ3n) is 27.4. The molecule has 0 radical (unpaired) electrons. The average Bonchev–Trinajstić information content (AvgIpc) is 1.54. The number of likely N-dealkylation sites (tertiary alicyclic amines) is 2. The van der Waals surface area contributed by atoms with Crippen molar-refractivity contribution in [2.75, 3.05) is 143 Å². The van der Waals surface area contributed by atoms with Gasteiger partial charge in [-0.25, -0.2) is 18.1 Å². The minimum absolute atomic E-state index is 0. The van der Waals surface area contributed by atoms with E-state index in [2.05, 4.69) is 165 Å². The number of nitrogens with two attached hydrogens (primary N) is 3. The van der Waals surface area contributed by atoms with Crippen molar-refractivity contribution in [2.45, 2.75) is 386 Å². The van der Waals surface area contributed by atoms with Crippen molar-refractivity contribution in [3.63, 3.8) is 0 Å². The number of aliphatic hydroxyl groups excluding tert-OH is 4. The Hall–Kier alpha value is -7.55. The van der Waals surface area contributed by atoms with E-state index >= 15 is 0 Å². The maximum absolute atomic E-state index is 12.2. The Labute approximate surface area is 886 Å². The quantitative estimate of drug-likeness (QED) is 0.0302. The minimum Gasteiger partial charge on any atom is -0.395 e. The highest BCUT2D eigenvalue weighted by Crippen LogP contribution is 2.50. The van der Waals surface area contributed by atoms with Gasteiger partial charge in [-0.1, -0.05) is 201 Å². The molecule has 2 saturated carbocycles. The lowest BCUT2D eigenvalue weighted by molar-refractivity contribution is -0.161. The molecule has 147 heavy (non-hydrogen) atoms. The van der Waals surface area contributed by atoms with Gasteiger partial charge in [0.1, 0.15) is 12.2 Å². The van der Waals surface area contributed by atoms with Crippen LogP contribution in [0.25, 0.3) is 0 Å². The number of rotatable bonds is 35. The lowest BCUT2D eigenvalue weighted by atomic mass is 9.64. The van der Waals surface area contributed by atoms with Gasteiger partial charge in [-0.3, -0.25) is 57.5 Å². The molecular formula is C110H209N15O21S. The molecule has 1 aromatic rings. The highest BCUT2D eigenvalue weighted by Gasteiger charge is 2.49. The average molecular weight is 2110 g/mol. The summed E-state index contributed by atoms with van der Waals surface area (Å²) in [6.07, 6.45) is 20.4. The number of primary amides is 3. The van der Waals surface area contributed by atoms with Gasteiger partial charge in [0, 0.05) is 138 Å². The van der Waals surface area contributed by atoms with Crippen molar-refractivity contribution in [2.24, 2.45) is 109 Å². The number of nitrogens with one attached hydrogen (secondary N) is 3. The molecule has 12 amide bonds. The second-order valence-corrected chi connectivity index (χ2v) is 50.2. The van der Waals surface area contributed by atoms with E-state index in [9.17, 15) is 81.3 Å². The number of aliphatic hydroxyl groups is 4. The topological polar surface area (TPSA) is 512 Å². The SMILES string of the molecule is C.CC(C)CC(C)(C)C(=O)N1CCOCC1.CC(C)CC(C)(C)C(=O)NCCO.CC(C)CC1(C(N)=O)CC1.CC(C)CC1(C(N)=O)CCC1.CC(C)CC1(C(N)=O)COC1.CC(C)CCC(=O)N1CCC(O)C(O)C1.CC(C)CCC(=O)N1CCCC(O)C1.CC(C)CCC(=O)N1CCNC(=O)C1.CC(C)CCC(=O)N1CCn2ncnc2C1.CC(C)CCC(=O)NC1COC1.CCC(C)(C)C(=O)N1CCS(=O)(=O)CC1. The first-order valence-corrected chi connectivity index (χ1v) is 56.6. The first kappa shape index (κ1) is 139. The molecule has 0 bridgehead atoms. The Morgan fingerprint density at radius 3 is 1.27 bits per heavy atom. The molecule has 856 valence electrons. The Kier molecular flexibility index (Phi) is 66.3. The number of ether oxygens (including phenoxy) is 3. The number of carbonyl (C=O) groups is 12. The number of hydrogen-bond donors (Lipinski definition) is 10. The molecule has 1 aromatic heterocycles. The van der Waals surface area contributed by atoms with Gasteiger partial charge in [0.25, 0.3) is 0 Å². The molecule has 8 aliphatic heterocycles. The number of piperazine rings is 1. The number of amides is 12. The molecule has 36 nitrogen and oxygen atoms in total. The van der Waals surface area contributed by atoms with Gasteiger partial charge in [0.2, 0.25) is 70.9 Å². The molecule has 7 saturated heterocycles. The molecule has 10 aliphatic rings. The van der Waals surface area contributed by atoms with Crippen LogP contribution in [0.2, 0.25) is 0 Å². The van der Waals surface area contributed by atoms with Crippen LogP contribution in [-0.4, -0.2) is 311 Å². The zero-order chi connectivity index (χ0) is 111. The molecule has 13 N–H and O–H groups in total. The van der Waals surface area contributed by atoms with Crippen molar-refractivity contribution < 1.29 is 101 Å². The van der Waals surface area contributed by atoms with Crippen molar-refractivity contribution >= 4 is 80.7 Å². The van der Waals surface area contributed by atoms with E-state index in [0.29, 0.717) is 190 Å². The van der Waals surface area contributed by atoms with Crippen LogP contribution in [-0.2, 0) is 94.7 Å². The van der Waals surface area contributed by atoms with Crippen molar-refractivity contribution in [3.8, 4) is 0 Å². The lowest BCUT2D eigenvalue weighted by Crippen LogP contribution is -2.53. The van der Waals surface area contributed by atoms with Crippen LogP contribution < -0.4 is 33.2 Å². The summed E-state index contributed by atoms with van der Waals surface area (Å²) in [5, 5.41) is 49.1. The molecule has 2 aliphatic carbocycles. The number of fused-ring (bicyclic) bond motifs is 1. The molecular weight excluding hydrogens is 1900 g/mol. The van der Waals surface area contributed by atoms with Crippen LogP contribution in [0.5, 0.6) is 0 Å². The zero-order valence-electron chi connectivity index (χ0n) is 95.5. The van der Waals surface area contributed by atoms with E-state index in [1.54, 1.807) is 25.9 Å². The number of hydrogen-bond acceptors (Lipinski definition) is 23. The summed E-state index contributed by atoms with van der Waals surface area (Å²) in [5.41, 5.74) is 14.4. The van der Waals surface area contributed by atoms with Gasteiger partial charge >= 0.3 is 0 Å². The van der Waals surface area contributed by atoms with E-state index < -0.39 is 22.0 Å². The highest BCUT2D eigenvalue weighted by atomic mass is 32.2. The van der Waals surface area contributed by atoms with Crippen molar-refractivity contribution in [1.82, 2.24) is 60.1 Å². The van der Waals surface area contributed by atoms with Gasteiger partial charge in [0.05, 0.1) is 107 Å². The van der Waals surface area contributed by atoms with Gasteiger partial charge < -0.3 is 97.2 Å². The molecule has 0 aromatic carbocycles. The predicted octanol–water partition coefficient (Wildman–Crippen LogP) is 12.1. The maximum Gasteiger partial charge on any atom is 0.239 e. The second kappa shape index (κ2) is 69.9. The third kappa shape index (κ3) is 57.1. The Balaban J connectivity index is 0.00000160. The number of β-amino-alcohol motifs (C(OH)–C–C–N with tert-alkyl or cyclic N) is 2. The number of morpholine rings is 1. The number of sulfone groups is 1. The van der Waals surface area contributed by atoms with Gasteiger partial charge in [-0.2, -0.15) is 5.10 Å². The smallest absolute Gasteiger partial charge is 0.239 e. The van der Waals surface area contributed by atoms with Crippen LogP contribution >= 0.6 is 0 Å². The van der Waals surface area contributed by atoms with Crippen molar-refractivity contribution in [3.05, 3.63) is 12.2 Å². The molecule has 9 heterocycles. The van der Waals surface area contributed by atoms with Gasteiger partial charge in [-0.15, -0.1) is 0 Å². The summed E-state index contributed by atoms with van der Waals surface area (Å²) in [5.74, 6) is 7.43. The molecule has 37 heteroatoms. The monoisotopic (exact) mass is 2110 g/mol. The fraction of sp³-hybridized carbons (Fsp3) is 0.873. The third-order valence-corrected chi connectivity index (χ3v) is 29.0. The lowest BCUT2D eigenvalue weighted by Gasteiger charge is -2.40. The van der Waals surface area contributed by atoms with E-state index in [1.807, 2.05) is 62.9 Å². The summed E-state index contributed by atoms with van der Waals surface area (Å²) in [6, 6.07) is 0.282. The summed E-state index contributed by atoms with van der Waals surface area (Å²) >= 11 is 0. The largest absolute Gasteiger partial charge is 0.395 e. The summed E-state index contributed by atoms with van der Waals surface area (Å²) < 4.78 is 39.5. The highest BCUT2D eigenvalue weighted by molar-refractivity contribution is 7.91. The normalized spacial score (nSPS) is 19.4. The number of aromatic nitrogens is 3. The summed E-state index contributed by atoms with van der Waals surface area (Å²) in [7, 11) is -2.90. The van der Waals surface area contributed by atoms with Crippen molar-refractivity contribution in [1.29, 1.82) is 0 Å². The fourth-order valence-electron chi connectivity index (χ4n) is 18.0. The van der Waals surface area contributed by atoms with E-state index in [1.165, 1.54) is 6.42 Å². The van der Waals surface area contributed by atoms with Crippen LogP contribution in [0.4, 0.5) is 0 Å². The molecule has 9 fully saturated rings. The predicted molar refractivity (Wildman–Crippen MR) is 580 cm³/mol. The molecule has 3 atom stereocenters. The number of carbonyl (C=O) groups excluding carboxylic acids is 12. The number of nitrogens with zero attached hydrogens (tertiary/aromatic N) is 9. The van der Waals surface area contributed by atoms with Crippen LogP contribution in [0.3, 0.4) is 0 Å². The molecule has 0 spiro atoms.